The van der Waals surface area contributed by atoms with Crippen LogP contribution in [0.3, 0.4) is 0 Å². The van der Waals surface area contributed by atoms with Gasteiger partial charge >= 0.3 is 0 Å². The number of rotatable bonds is 6. The molecule has 1 atom stereocenters. The zero-order valence-corrected chi connectivity index (χ0v) is 10.8. The van der Waals surface area contributed by atoms with Crippen molar-refractivity contribution < 1.29 is 10.2 Å². The molecule has 100 valence electrons. The maximum atomic E-state index is 9.96. The molecular formula is C16H19NO2. The Labute approximate surface area is 113 Å². The summed E-state index contributed by atoms with van der Waals surface area (Å²) in [7, 11) is 0. The zero-order valence-electron chi connectivity index (χ0n) is 10.8. The Hall–Kier alpha value is -1.84. The van der Waals surface area contributed by atoms with E-state index in [1.807, 2.05) is 42.5 Å². The van der Waals surface area contributed by atoms with Gasteiger partial charge in [0.15, 0.2) is 0 Å². The van der Waals surface area contributed by atoms with Gasteiger partial charge in [-0.25, -0.2) is 0 Å². The fourth-order valence-corrected chi connectivity index (χ4v) is 1.93. The smallest absolute Gasteiger partial charge is 0.115 e. The summed E-state index contributed by atoms with van der Waals surface area (Å²) >= 11 is 0. The highest BCUT2D eigenvalue weighted by atomic mass is 16.3. The number of phenols is 1. The molecule has 0 saturated carbocycles. The van der Waals surface area contributed by atoms with Crippen molar-refractivity contribution in [2.45, 2.75) is 12.5 Å². The van der Waals surface area contributed by atoms with E-state index in [9.17, 15) is 10.2 Å². The van der Waals surface area contributed by atoms with Gasteiger partial charge in [0.1, 0.15) is 5.75 Å². The summed E-state index contributed by atoms with van der Waals surface area (Å²) < 4.78 is 0. The Morgan fingerprint density at radius 3 is 2.32 bits per heavy atom. The summed E-state index contributed by atoms with van der Waals surface area (Å²) in [5, 5.41) is 22.4. The van der Waals surface area contributed by atoms with E-state index >= 15 is 0 Å². The summed E-state index contributed by atoms with van der Waals surface area (Å²) in [6, 6.07) is 16.8. The van der Waals surface area contributed by atoms with E-state index in [1.165, 1.54) is 5.56 Å². The third-order valence-corrected chi connectivity index (χ3v) is 3.05. The van der Waals surface area contributed by atoms with Gasteiger partial charge in [-0.15, -0.1) is 0 Å². The van der Waals surface area contributed by atoms with Crippen molar-refractivity contribution in [3.63, 3.8) is 0 Å². The monoisotopic (exact) mass is 257 g/mol. The summed E-state index contributed by atoms with van der Waals surface area (Å²) in [6.45, 7) is 1.34. The number of hydrogen-bond donors (Lipinski definition) is 3. The number of benzene rings is 2. The Bertz CT molecular complexity index is 482. The van der Waals surface area contributed by atoms with Crippen molar-refractivity contribution in [2.75, 3.05) is 13.1 Å². The maximum Gasteiger partial charge on any atom is 0.115 e. The molecule has 0 spiro atoms. The molecule has 3 N–H and O–H groups in total. The lowest BCUT2D eigenvalue weighted by Crippen LogP contribution is -2.23. The van der Waals surface area contributed by atoms with Crippen molar-refractivity contribution in [3.05, 3.63) is 65.7 Å². The second kappa shape index (κ2) is 6.92. The lowest BCUT2D eigenvalue weighted by atomic mass is 10.1. The molecule has 3 nitrogen and oxygen atoms in total. The van der Waals surface area contributed by atoms with Crippen LogP contribution in [0.4, 0.5) is 0 Å². The first-order valence-electron chi connectivity index (χ1n) is 6.47. The SMILES string of the molecule is Oc1ccc(CCNC[C@@H](O)c2ccccc2)cc1. The molecule has 0 unspecified atom stereocenters. The minimum Gasteiger partial charge on any atom is -0.508 e. The predicted octanol–water partition coefficient (Wildman–Crippen LogP) is 2.26. The van der Waals surface area contributed by atoms with E-state index in [0.717, 1.165) is 18.5 Å². The number of aliphatic hydroxyl groups excluding tert-OH is 1. The summed E-state index contributed by atoms with van der Waals surface area (Å²) in [5.74, 6) is 0.288. The van der Waals surface area contributed by atoms with Crippen LogP contribution in [0.5, 0.6) is 5.75 Å². The molecule has 19 heavy (non-hydrogen) atoms. The van der Waals surface area contributed by atoms with Crippen molar-refractivity contribution in [1.29, 1.82) is 0 Å². The number of nitrogens with one attached hydrogen (secondary N) is 1. The maximum absolute atomic E-state index is 9.96. The fourth-order valence-electron chi connectivity index (χ4n) is 1.93. The van der Waals surface area contributed by atoms with E-state index in [4.69, 9.17) is 0 Å². The normalized spacial score (nSPS) is 12.3. The van der Waals surface area contributed by atoms with Crippen LogP contribution in [0.1, 0.15) is 17.2 Å². The average Bonchev–Trinajstić information content (AvgIpc) is 2.46. The van der Waals surface area contributed by atoms with Crippen LogP contribution >= 0.6 is 0 Å². The minimum atomic E-state index is -0.471. The molecule has 0 aliphatic rings. The molecule has 0 radical (unpaired) electrons. The van der Waals surface area contributed by atoms with Gasteiger partial charge in [0, 0.05) is 6.54 Å². The van der Waals surface area contributed by atoms with Gasteiger partial charge in [-0.3, -0.25) is 0 Å². The van der Waals surface area contributed by atoms with Crippen LogP contribution in [-0.4, -0.2) is 23.3 Å². The van der Waals surface area contributed by atoms with Crippen molar-refractivity contribution >= 4 is 0 Å². The highest BCUT2D eigenvalue weighted by Gasteiger charge is 2.05. The average molecular weight is 257 g/mol. The van der Waals surface area contributed by atoms with Crippen LogP contribution in [0.15, 0.2) is 54.6 Å². The molecule has 0 amide bonds. The quantitative estimate of drug-likeness (QED) is 0.696. The topological polar surface area (TPSA) is 52.5 Å². The molecule has 0 fully saturated rings. The molecule has 0 heterocycles. The van der Waals surface area contributed by atoms with Gasteiger partial charge in [0.05, 0.1) is 6.10 Å². The van der Waals surface area contributed by atoms with Crippen LogP contribution in [0, 0.1) is 0 Å². The van der Waals surface area contributed by atoms with Gasteiger partial charge in [0.2, 0.25) is 0 Å². The summed E-state index contributed by atoms with van der Waals surface area (Å²) in [4.78, 5) is 0. The molecule has 0 aromatic heterocycles. The van der Waals surface area contributed by atoms with Crippen molar-refractivity contribution in [2.24, 2.45) is 0 Å². The van der Waals surface area contributed by atoms with Gasteiger partial charge in [0.25, 0.3) is 0 Å². The molecule has 2 aromatic rings. The highest BCUT2D eigenvalue weighted by Crippen LogP contribution is 2.11. The first-order chi connectivity index (χ1) is 9.25. The number of hydrogen-bond acceptors (Lipinski definition) is 3. The van der Waals surface area contributed by atoms with Crippen LogP contribution in [0.2, 0.25) is 0 Å². The van der Waals surface area contributed by atoms with Gasteiger partial charge < -0.3 is 15.5 Å². The van der Waals surface area contributed by atoms with E-state index in [2.05, 4.69) is 5.32 Å². The van der Waals surface area contributed by atoms with Crippen LogP contribution < -0.4 is 5.32 Å². The highest BCUT2D eigenvalue weighted by molar-refractivity contribution is 5.26. The van der Waals surface area contributed by atoms with Gasteiger partial charge in [-0.05, 0) is 36.2 Å². The van der Waals surface area contributed by atoms with Gasteiger partial charge in [-0.1, -0.05) is 42.5 Å². The van der Waals surface area contributed by atoms with E-state index in [1.54, 1.807) is 12.1 Å². The van der Waals surface area contributed by atoms with Crippen LogP contribution in [0.25, 0.3) is 0 Å². The van der Waals surface area contributed by atoms with E-state index in [0.29, 0.717) is 6.54 Å². The third-order valence-electron chi connectivity index (χ3n) is 3.05. The Morgan fingerprint density at radius 1 is 0.947 bits per heavy atom. The first kappa shape index (κ1) is 13.6. The standard InChI is InChI=1S/C16H19NO2/c18-15-8-6-13(7-9-15)10-11-17-12-16(19)14-4-2-1-3-5-14/h1-9,16-19H,10-12H2/t16-/m1/s1. The number of aromatic hydroxyl groups is 1. The predicted molar refractivity (Wildman–Crippen MR) is 76.1 cm³/mol. The van der Waals surface area contributed by atoms with Crippen molar-refractivity contribution in [3.8, 4) is 5.75 Å². The van der Waals surface area contributed by atoms with E-state index < -0.39 is 6.10 Å². The largest absolute Gasteiger partial charge is 0.508 e. The fraction of sp³-hybridized carbons (Fsp3) is 0.250. The molecule has 0 bridgehead atoms. The Kier molecular flexibility index (Phi) is 4.95. The van der Waals surface area contributed by atoms with Gasteiger partial charge in [-0.2, -0.15) is 0 Å². The summed E-state index contributed by atoms with van der Waals surface area (Å²) in [5.41, 5.74) is 2.10. The number of aliphatic hydroxyl groups is 1. The molecular weight excluding hydrogens is 238 g/mol. The molecule has 0 aliphatic heterocycles. The second-order valence-electron chi connectivity index (χ2n) is 4.55. The third kappa shape index (κ3) is 4.39. The zero-order chi connectivity index (χ0) is 13.5. The van der Waals surface area contributed by atoms with E-state index in [-0.39, 0.29) is 5.75 Å². The molecule has 0 saturated heterocycles. The molecule has 0 aliphatic carbocycles. The Morgan fingerprint density at radius 2 is 1.63 bits per heavy atom. The van der Waals surface area contributed by atoms with Crippen molar-refractivity contribution in [1.82, 2.24) is 5.32 Å². The first-order valence-corrected chi connectivity index (χ1v) is 6.47. The lowest BCUT2D eigenvalue weighted by molar-refractivity contribution is 0.175. The van der Waals surface area contributed by atoms with Crippen LogP contribution in [-0.2, 0) is 6.42 Å². The lowest BCUT2D eigenvalue weighted by Gasteiger charge is -2.12. The second-order valence-corrected chi connectivity index (χ2v) is 4.55. The molecule has 2 rings (SSSR count). The number of phenolic OH excluding ortho intramolecular Hbond substituents is 1. The minimum absolute atomic E-state index is 0.288. The Balaban J connectivity index is 1.71. The summed E-state index contributed by atoms with van der Waals surface area (Å²) in [6.07, 6.45) is 0.405. The molecule has 3 heteroatoms. The molecule has 2 aromatic carbocycles.